The van der Waals surface area contributed by atoms with Crippen molar-refractivity contribution in [1.82, 2.24) is 5.32 Å². The summed E-state index contributed by atoms with van der Waals surface area (Å²) in [7, 11) is 1.61. The Bertz CT molecular complexity index is 659. The number of fused-ring (bicyclic) bond motifs is 1. The van der Waals surface area contributed by atoms with E-state index in [1.807, 2.05) is 18.2 Å². The quantitative estimate of drug-likeness (QED) is 0.913. The van der Waals surface area contributed by atoms with Gasteiger partial charge in [-0.05, 0) is 30.9 Å². The Hall–Kier alpha value is -1.75. The average molecular weight is 290 g/mol. The van der Waals surface area contributed by atoms with Crippen LogP contribution in [0.15, 0.2) is 18.2 Å². The Balaban J connectivity index is 1.91. The lowest BCUT2D eigenvalue weighted by Crippen LogP contribution is -2.43. The molecular weight excluding hydrogens is 272 g/mol. The van der Waals surface area contributed by atoms with Gasteiger partial charge in [0.1, 0.15) is 10.6 Å². The predicted octanol–water partition coefficient (Wildman–Crippen LogP) is 3.02. The Morgan fingerprint density at radius 1 is 1.45 bits per heavy atom. The fourth-order valence-corrected chi connectivity index (χ4v) is 3.79. The smallest absolute Gasteiger partial charge is 0.263 e. The number of benzene rings is 1. The largest absolute Gasteiger partial charge is 0.496 e. The Morgan fingerprint density at radius 3 is 2.85 bits per heavy atom. The third-order valence-electron chi connectivity index (χ3n) is 3.85. The predicted molar refractivity (Wildman–Crippen MR) is 82.4 cm³/mol. The van der Waals surface area contributed by atoms with Gasteiger partial charge in [0, 0.05) is 10.7 Å². The summed E-state index contributed by atoms with van der Waals surface area (Å²) in [5, 5.41) is 3.89. The lowest BCUT2D eigenvalue weighted by atomic mass is 9.82. The van der Waals surface area contributed by atoms with Gasteiger partial charge in [0.25, 0.3) is 5.91 Å². The first-order valence-corrected chi connectivity index (χ1v) is 7.57. The molecule has 0 atom stereocenters. The summed E-state index contributed by atoms with van der Waals surface area (Å²) in [4.78, 5) is 12.9. The summed E-state index contributed by atoms with van der Waals surface area (Å²) >= 11 is 1.42. The Labute approximate surface area is 121 Å². The summed E-state index contributed by atoms with van der Waals surface area (Å²) in [6.07, 6.45) is 2.11. The maximum atomic E-state index is 12.3. The number of nitrogens with one attached hydrogen (secondary N) is 1. The van der Waals surface area contributed by atoms with Crippen LogP contribution in [0.3, 0.4) is 0 Å². The minimum atomic E-state index is -0.0670. The normalized spacial score (nSPS) is 21.5. The zero-order valence-corrected chi connectivity index (χ0v) is 12.4. The van der Waals surface area contributed by atoms with Gasteiger partial charge in [-0.25, -0.2) is 0 Å². The summed E-state index contributed by atoms with van der Waals surface area (Å²) in [6, 6.07) is 6.03. The first-order chi connectivity index (χ1) is 9.60. The SMILES string of the molecule is COc1cccc2sc(C(=O)NC3CC(C)C3)c(N)c12. The molecule has 106 valence electrons. The number of anilines is 1. The molecule has 0 saturated heterocycles. The summed E-state index contributed by atoms with van der Waals surface area (Å²) in [6.45, 7) is 2.20. The molecule has 0 radical (unpaired) electrons. The topological polar surface area (TPSA) is 64.3 Å². The molecule has 2 aromatic rings. The highest BCUT2D eigenvalue weighted by atomic mass is 32.1. The Morgan fingerprint density at radius 2 is 2.20 bits per heavy atom. The fourth-order valence-electron chi connectivity index (χ4n) is 2.75. The van der Waals surface area contributed by atoms with Crippen LogP contribution in [-0.4, -0.2) is 19.1 Å². The molecule has 1 aromatic heterocycles. The molecule has 5 heteroatoms. The highest BCUT2D eigenvalue weighted by Crippen LogP contribution is 2.39. The second-order valence-electron chi connectivity index (χ2n) is 5.43. The third-order valence-corrected chi connectivity index (χ3v) is 5.02. The van der Waals surface area contributed by atoms with Crippen molar-refractivity contribution in [2.45, 2.75) is 25.8 Å². The Kier molecular flexibility index (Phi) is 3.30. The summed E-state index contributed by atoms with van der Waals surface area (Å²) in [5.41, 5.74) is 6.67. The van der Waals surface area contributed by atoms with Crippen molar-refractivity contribution < 1.29 is 9.53 Å². The molecule has 1 amide bonds. The highest BCUT2D eigenvalue weighted by molar-refractivity contribution is 7.21. The number of carbonyl (C=O) groups is 1. The number of amides is 1. The number of thiophene rings is 1. The molecule has 3 rings (SSSR count). The van der Waals surface area contributed by atoms with E-state index in [4.69, 9.17) is 10.5 Å². The van der Waals surface area contributed by atoms with Gasteiger partial charge in [0.2, 0.25) is 0 Å². The molecule has 1 fully saturated rings. The molecule has 0 bridgehead atoms. The van der Waals surface area contributed by atoms with Gasteiger partial charge in [0.15, 0.2) is 0 Å². The van der Waals surface area contributed by atoms with Crippen LogP contribution in [-0.2, 0) is 0 Å². The molecule has 1 saturated carbocycles. The van der Waals surface area contributed by atoms with Crippen molar-refractivity contribution in [3.05, 3.63) is 23.1 Å². The number of ether oxygens (including phenoxy) is 1. The van der Waals surface area contributed by atoms with Crippen molar-refractivity contribution in [2.75, 3.05) is 12.8 Å². The van der Waals surface area contributed by atoms with E-state index < -0.39 is 0 Å². The maximum Gasteiger partial charge on any atom is 0.263 e. The molecule has 3 N–H and O–H groups in total. The molecule has 1 aliphatic carbocycles. The molecule has 0 spiro atoms. The first kappa shape index (κ1) is 13.2. The van der Waals surface area contributed by atoms with Gasteiger partial charge in [-0.2, -0.15) is 0 Å². The molecule has 1 aromatic carbocycles. The highest BCUT2D eigenvalue weighted by Gasteiger charge is 2.28. The van der Waals surface area contributed by atoms with Gasteiger partial charge >= 0.3 is 0 Å². The number of nitrogens with two attached hydrogens (primary N) is 1. The standard InChI is InChI=1S/C15H18N2O2S/c1-8-6-9(7-8)17-15(18)14-13(16)12-10(19-2)4-3-5-11(12)20-14/h3-5,8-9H,6-7,16H2,1-2H3,(H,17,18). The van der Waals surface area contributed by atoms with Crippen LogP contribution in [0.1, 0.15) is 29.4 Å². The van der Waals surface area contributed by atoms with Crippen LogP contribution in [0, 0.1) is 5.92 Å². The number of hydrogen-bond donors (Lipinski definition) is 2. The fraction of sp³-hybridized carbons (Fsp3) is 0.400. The molecule has 0 aliphatic heterocycles. The van der Waals surface area contributed by atoms with Crippen molar-refractivity contribution in [3.63, 3.8) is 0 Å². The molecular formula is C15H18N2O2S. The molecule has 0 unspecified atom stereocenters. The minimum absolute atomic E-state index is 0.0670. The van der Waals surface area contributed by atoms with Crippen LogP contribution in [0.2, 0.25) is 0 Å². The van der Waals surface area contributed by atoms with Crippen molar-refractivity contribution in [3.8, 4) is 5.75 Å². The van der Waals surface area contributed by atoms with Gasteiger partial charge in [-0.15, -0.1) is 11.3 Å². The summed E-state index contributed by atoms with van der Waals surface area (Å²) in [5.74, 6) is 1.36. The zero-order chi connectivity index (χ0) is 14.3. The van der Waals surface area contributed by atoms with Gasteiger partial charge < -0.3 is 15.8 Å². The lowest BCUT2D eigenvalue weighted by molar-refractivity contribution is 0.0901. The van der Waals surface area contributed by atoms with Crippen molar-refractivity contribution in [2.24, 2.45) is 5.92 Å². The van der Waals surface area contributed by atoms with E-state index in [0.29, 0.717) is 28.3 Å². The molecule has 1 heterocycles. The maximum absolute atomic E-state index is 12.3. The number of methoxy groups -OCH3 is 1. The van der Waals surface area contributed by atoms with E-state index in [9.17, 15) is 4.79 Å². The molecule has 1 aliphatic rings. The van der Waals surface area contributed by atoms with Crippen molar-refractivity contribution in [1.29, 1.82) is 0 Å². The number of nitrogen functional groups attached to an aromatic ring is 1. The van der Waals surface area contributed by atoms with Crippen LogP contribution in [0.4, 0.5) is 5.69 Å². The number of carbonyl (C=O) groups excluding carboxylic acids is 1. The van der Waals surface area contributed by atoms with Crippen LogP contribution in [0.25, 0.3) is 10.1 Å². The van der Waals surface area contributed by atoms with E-state index in [-0.39, 0.29) is 5.91 Å². The zero-order valence-electron chi connectivity index (χ0n) is 11.6. The van der Waals surface area contributed by atoms with Crippen molar-refractivity contribution >= 4 is 33.0 Å². The lowest BCUT2D eigenvalue weighted by Gasteiger charge is -2.33. The average Bonchev–Trinajstić information content (AvgIpc) is 2.74. The van der Waals surface area contributed by atoms with Crippen LogP contribution in [0.5, 0.6) is 5.75 Å². The van der Waals surface area contributed by atoms with E-state index in [0.717, 1.165) is 22.9 Å². The number of rotatable bonds is 3. The second kappa shape index (κ2) is 4.98. The van der Waals surface area contributed by atoms with E-state index in [1.165, 1.54) is 11.3 Å². The third kappa shape index (κ3) is 2.12. The van der Waals surface area contributed by atoms with E-state index >= 15 is 0 Å². The monoisotopic (exact) mass is 290 g/mol. The van der Waals surface area contributed by atoms with Gasteiger partial charge in [0.05, 0.1) is 18.2 Å². The second-order valence-corrected chi connectivity index (χ2v) is 6.48. The van der Waals surface area contributed by atoms with E-state index in [1.54, 1.807) is 7.11 Å². The summed E-state index contributed by atoms with van der Waals surface area (Å²) < 4.78 is 6.30. The van der Waals surface area contributed by atoms with Gasteiger partial charge in [-0.3, -0.25) is 4.79 Å². The van der Waals surface area contributed by atoms with Crippen LogP contribution >= 0.6 is 11.3 Å². The first-order valence-electron chi connectivity index (χ1n) is 6.76. The van der Waals surface area contributed by atoms with Gasteiger partial charge in [-0.1, -0.05) is 13.0 Å². The van der Waals surface area contributed by atoms with Crippen LogP contribution < -0.4 is 15.8 Å². The minimum Gasteiger partial charge on any atom is -0.496 e. The molecule has 20 heavy (non-hydrogen) atoms. The molecule has 4 nitrogen and oxygen atoms in total. The number of hydrogen-bond acceptors (Lipinski definition) is 4. The van der Waals surface area contributed by atoms with E-state index in [2.05, 4.69) is 12.2 Å².